The van der Waals surface area contributed by atoms with Crippen molar-refractivity contribution >= 4 is 0 Å². The molecular weight excluding hydrogens is 254 g/mol. The van der Waals surface area contributed by atoms with Crippen LogP contribution in [0.1, 0.15) is 24.2 Å². The number of ether oxygens (including phenoxy) is 2. The molecule has 1 heterocycles. The van der Waals surface area contributed by atoms with E-state index in [1.165, 1.54) is 0 Å². The molecule has 1 aromatic carbocycles. The highest BCUT2D eigenvalue weighted by atomic mass is 16.5. The summed E-state index contributed by atoms with van der Waals surface area (Å²) < 4.78 is 12.8. The van der Waals surface area contributed by atoms with Crippen LogP contribution in [0.15, 0.2) is 30.5 Å². The van der Waals surface area contributed by atoms with E-state index in [1.54, 1.807) is 20.4 Å². The second kappa shape index (κ2) is 6.43. The van der Waals surface area contributed by atoms with Crippen molar-refractivity contribution in [3.05, 3.63) is 41.7 Å². The normalized spacial score (nSPS) is 12.2. The maximum atomic E-state index is 5.54. The highest BCUT2D eigenvalue weighted by Crippen LogP contribution is 2.36. The summed E-state index contributed by atoms with van der Waals surface area (Å²) in [6.45, 7) is 2.92. The van der Waals surface area contributed by atoms with E-state index in [-0.39, 0.29) is 6.04 Å². The van der Waals surface area contributed by atoms with Crippen molar-refractivity contribution in [2.75, 3.05) is 20.8 Å². The average molecular weight is 275 g/mol. The quantitative estimate of drug-likeness (QED) is 0.877. The lowest BCUT2D eigenvalue weighted by molar-refractivity contribution is 0.348. The van der Waals surface area contributed by atoms with Crippen molar-refractivity contribution in [3.63, 3.8) is 0 Å². The van der Waals surface area contributed by atoms with E-state index in [9.17, 15) is 0 Å². The predicted octanol–water partition coefficient (Wildman–Crippen LogP) is 2.14. The van der Waals surface area contributed by atoms with E-state index in [2.05, 4.69) is 17.3 Å². The lowest BCUT2D eigenvalue weighted by Gasteiger charge is -2.22. The molecule has 1 N–H and O–H groups in total. The van der Waals surface area contributed by atoms with Crippen LogP contribution in [0.25, 0.3) is 0 Å². The van der Waals surface area contributed by atoms with Crippen molar-refractivity contribution < 1.29 is 9.47 Å². The van der Waals surface area contributed by atoms with E-state index in [0.717, 1.165) is 29.3 Å². The molecule has 1 atom stereocenters. The van der Waals surface area contributed by atoms with Gasteiger partial charge in [0.15, 0.2) is 11.5 Å². The third-order valence-electron chi connectivity index (χ3n) is 3.31. The molecule has 2 rings (SSSR count). The van der Waals surface area contributed by atoms with Crippen LogP contribution in [0.2, 0.25) is 0 Å². The minimum Gasteiger partial charge on any atom is -0.493 e. The SMILES string of the molecule is CCNC(c1cccc(OC)c1OC)c1ccnn1C. The molecule has 1 unspecified atom stereocenters. The van der Waals surface area contributed by atoms with Gasteiger partial charge in [-0.2, -0.15) is 5.10 Å². The van der Waals surface area contributed by atoms with Gasteiger partial charge in [0.05, 0.1) is 26.0 Å². The Morgan fingerprint density at radius 2 is 2.05 bits per heavy atom. The Hall–Kier alpha value is -2.01. The number of methoxy groups -OCH3 is 2. The third kappa shape index (κ3) is 2.63. The van der Waals surface area contributed by atoms with E-state index in [4.69, 9.17) is 9.47 Å². The van der Waals surface area contributed by atoms with Gasteiger partial charge in [0.1, 0.15) is 0 Å². The molecule has 0 aliphatic rings. The molecule has 0 aliphatic heterocycles. The van der Waals surface area contributed by atoms with Crippen LogP contribution in [0.3, 0.4) is 0 Å². The molecule has 0 saturated carbocycles. The van der Waals surface area contributed by atoms with Gasteiger partial charge in [0, 0.05) is 18.8 Å². The number of aromatic nitrogens is 2. The molecule has 1 aromatic heterocycles. The summed E-state index contributed by atoms with van der Waals surface area (Å²) in [5.41, 5.74) is 2.12. The molecule has 0 spiro atoms. The number of hydrogen-bond acceptors (Lipinski definition) is 4. The first-order chi connectivity index (χ1) is 9.72. The molecule has 5 nitrogen and oxygen atoms in total. The summed E-state index contributed by atoms with van der Waals surface area (Å²) in [6.07, 6.45) is 1.80. The Balaban J connectivity index is 2.52. The molecule has 0 saturated heterocycles. The Labute approximate surface area is 119 Å². The Morgan fingerprint density at radius 3 is 2.60 bits per heavy atom. The monoisotopic (exact) mass is 275 g/mol. The molecule has 20 heavy (non-hydrogen) atoms. The van der Waals surface area contributed by atoms with Crippen LogP contribution in [0.5, 0.6) is 11.5 Å². The molecule has 0 amide bonds. The van der Waals surface area contributed by atoms with E-state index in [0.29, 0.717) is 0 Å². The predicted molar refractivity (Wildman–Crippen MR) is 78.3 cm³/mol. The zero-order valence-electron chi connectivity index (χ0n) is 12.4. The number of aryl methyl sites for hydroxylation is 1. The number of benzene rings is 1. The van der Waals surface area contributed by atoms with Crippen LogP contribution in [-0.4, -0.2) is 30.5 Å². The number of hydrogen-bond donors (Lipinski definition) is 1. The molecule has 0 radical (unpaired) electrons. The van der Waals surface area contributed by atoms with Crippen LogP contribution >= 0.6 is 0 Å². The fourth-order valence-electron chi connectivity index (χ4n) is 2.38. The maximum absolute atomic E-state index is 5.54. The minimum atomic E-state index is 0.0116. The molecule has 0 bridgehead atoms. The summed E-state index contributed by atoms with van der Waals surface area (Å²) in [7, 11) is 5.24. The van der Waals surface area contributed by atoms with Gasteiger partial charge < -0.3 is 14.8 Å². The first kappa shape index (κ1) is 14.4. The number of para-hydroxylation sites is 1. The summed E-state index contributed by atoms with van der Waals surface area (Å²) >= 11 is 0. The van der Waals surface area contributed by atoms with Gasteiger partial charge in [0.25, 0.3) is 0 Å². The van der Waals surface area contributed by atoms with Gasteiger partial charge in [-0.1, -0.05) is 19.1 Å². The zero-order chi connectivity index (χ0) is 14.5. The smallest absolute Gasteiger partial charge is 0.165 e. The summed E-state index contributed by atoms with van der Waals surface area (Å²) in [5, 5.41) is 7.72. The Morgan fingerprint density at radius 1 is 1.25 bits per heavy atom. The molecule has 5 heteroatoms. The Kier molecular flexibility index (Phi) is 4.63. The third-order valence-corrected chi connectivity index (χ3v) is 3.31. The molecular formula is C15H21N3O2. The lowest BCUT2D eigenvalue weighted by Crippen LogP contribution is -2.24. The van der Waals surface area contributed by atoms with Gasteiger partial charge in [-0.25, -0.2) is 0 Å². The van der Waals surface area contributed by atoms with Crippen LogP contribution in [0.4, 0.5) is 0 Å². The van der Waals surface area contributed by atoms with Gasteiger partial charge >= 0.3 is 0 Å². The van der Waals surface area contributed by atoms with E-state index in [1.807, 2.05) is 36.0 Å². The van der Waals surface area contributed by atoms with Crippen LogP contribution in [0, 0.1) is 0 Å². The topological polar surface area (TPSA) is 48.3 Å². The molecule has 0 aliphatic carbocycles. The minimum absolute atomic E-state index is 0.0116. The van der Waals surface area contributed by atoms with Crippen molar-refractivity contribution in [3.8, 4) is 11.5 Å². The molecule has 108 valence electrons. The zero-order valence-corrected chi connectivity index (χ0v) is 12.4. The van der Waals surface area contributed by atoms with Gasteiger partial charge in [-0.15, -0.1) is 0 Å². The Bertz CT molecular complexity index is 566. The van der Waals surface area contributed by atoms with Crippen molar-refractivity contribution in [1.82, 2.24) is 15.1 Å². The highest BCUT2D eigenvalue weighted by molar-refractivity contribution is 5.50. The first-order valence-electron chi connectivity index (χ1n) is 6.65. The second-order valence-corrected chi connectivity index (χ2v) is 4.45. The number of rotatable bonds is 6. The van der Waals surface area contributed by atoms with Gasteiger partial charge in [-0.3, -0.25) is 4.68 Å². The summed E-state index contributed by atoms with van der Waals surface area (Å²) in [4.78, 5) is 0. The highest BCUT2D eigenvalue weighted by Gasteiger charge is 2.22. The summed E-state index contributed by atoms with van der Waals surface area (Å²) in [6, 6.07) is 7.93. The van der Waals surface area contributed by atoms with Crippen molar-refractivity contribution in [1.29, 1.82) is 0 Å². The summed E-state index contributed by atoms with van der Waals surface area (Å²) in [5.74, 6) is 1.48. The van der Waals surface area contributed by atoms with E-state index < -0.39 is 0 Å². The first-order valence-corrected chi connectivity index (χ1v) is 6.65. The fourth-order valence-corrected chi connectivity index (χ4v) is 2.38. The van der Waals surface area contributed by atoms with Crippen molar-refractivity contribution in [2.45, 2.75) is 13.0 Å². The standard InChI is InChI=1S/C15H21N3O2/c1-5-16-14(12-9-10-17-18(12)2)11-7-6-8-13(19-3)15(11)20-4/h6-10,14,16H,5H2,1-4H3. The van der Waals surface area contributed by atoms with Gasteiger partial charge in [-0.05, 0) is 18.7 Å². The van der Waals surface area contributed by atoms with E-state index >= 15 is 0 Å². The fraction of sp³-hybridized carbons (Fsp3) is 0.400. The number of nitrogens with one attached hydrogen (secondary N) is 1. The van der Waals surface area contributed by atoms with Crippen LogP contribution in [-0.2, 0) is 7.05 Å². The average Bonchev–Trinajstić information content (AvgIpc) is 2.89. The molecule has 0 fully saturated rings. The second-order valence-electron chi connectivity index (χ2n) is 4.45. The maximum Gasteiger partial charge on any atom is 0.165 e. The molecule has 2 aromatic rings. The lowest BCUT2D eigenvalue weighted by atomic mass is 10.0. The largest absolute Gasteiger partial charge is 0.493 e. The number of nitrogens with zero attached hydrogens (tertiary/aromatic N) is 2. The van der Waals surface area contributed by atoms with Crippen LogP contribution < -0.4 is 14.8 Å². The van der Waals surface area contributed by atoms with Gasteiger partial charge in [0.2, 0.25) is 0 Å². The van der Waals surface area contributed by atoms with Crippen molar-refractivity contribution in [2.24, 2.45) is 7.05 Å².